The van der Waals surface area contributed by atoms with E-state index in [2.05, 4.69) is 17.6 Å². The standard InChI is InChI=1S/C35H43N3O7/c1-5-6-7-29(36-34(40)37-30(19-33(39)42-4)28-16-17-31-32(18-28)45-23-44-31)22-43-35(41)38(20-26-12-8-24(2)9-13-26)21-27-14-10-25(3)11-15-27/h8-18,29-30H,5-7,19-23H2,1-4H3,(H2,36,37,40)/t29-,30-/m0/s1. The van der Waals surface area contributed by atoms with Crippen molar-refractivity contribution in [2.45, 2.75) is 71.6 Å². The quantitative estimate of drug-likeness (QED) is 0.203. The first kappa shape index (κ1) is 33.2. The fourth-order valence-electron chi connectivity index (χ4n) is 4.94. The lowest BCUT2D eigenvalue weighted by Gasteiger charge is -2.26. The zero-order chi connectivity index (χ0) is 32.2. The van der Waals surface area contributed by atoms with E-state index in [-0.39, 0.29) is 19.8 Å². The fourth-order valence-corrected chi connectivity index (χ4v) is 4.94. The van der Waals surface area contributed by atoms with Crippen LogP contribution in [0.1, 0.15) is 66.5 Å². The Morgan fingerprint density at radius 2 is 1.49 bits per heavy atom. The summed E-state index contributed by atoms with van der Waals surface area (Å²) in [5.41, 5.74) is 4.93. The van der Waals surface area contributed by atoms with Gasteiger partial charge in [-0.1, -0.05) is 85.5 Å². The van der Waals surface area contributed by atoms with E-state index in [0.717, 1.165) is 35.1 Å². The first-order valence-electron chi connectivity index (χ1n) is 15.3. The Balaban J connectivity index is 1.42. The highest BCUT2D eigenvalue weighted by Crippen LogP contribution is 2.35. The number of nitrogens with one attached hydrogen (secondary N) is 2. The molecule has 0 saturated carbocycles. The number of hydrogen-bond acceptors (Lipinski definition) is 7. The van der Waals surface area contributed by atoms with Gasteiger partial charge in [-0.2, -0.15) is 0 Å². The summed E-state index contributed by atoms with van der Waals surface area (Å²) in [7, 11) is 1.30. The summed E-state index contributed by atoms with van der Waals surface area (Å²) in [6.07, 6.45) is 1.79. The van der Waals surface area contributed by atoms with Crippen molar-refractivity contribution >= 4 is 18.1 Å². The van der Waals surface area contributed by atoms with Gasteiger partial charge in [-0.3, -0.25) is 9.69 Å². The molecule has 0 unspecified atom stereocenters. The number of carbonyl (C=O) groups excluding carboxylic acids is 3. The zero-order valence-electron chi connectivity index (χ0n) is 26.5. The molecule has 0 aliphatic carbocycles. The Morgan fingerprint density at radius 1 is 0.867 bits per heavy atom. The van der Waals surface area contributed by atoms with E-state index < -0.39 is 30.2 Å². The van der Waals surface area contributed by atoms with Gasteiger partial charge < -0.3 is 29.6 Å². The zero-order valence-corrected chi connectivity index (χ0v) is 26.5. The van der Waals surface area contributed by atoms with Crippen molar-refractivity contribution in [1.29, 1.82) is 0 Å². The van der Waals surface area contributed by atoms with Gasteiger partial charge in [0.05, 0.1) is 25.6 Å². The predicted molar refractivity (Wildman–Crippen MR) is 170 cm³/mol. The van der Waals surface area contributed by atoms with Crippen molar-refractivity contribution in [2.75, 3.05) is 20.5 Å². The summed E-state index contributed by atoms with van der Waals surface area (Å²) in [5.74, 6) is 0.662. The molecule has 10 heteroatoms. The van der Waals surface area contributed by atoms with Crippen molar-refractivity contribution in [3.05, 3.63) is 94.5 Å². The third-order valence-corrected chi connectivity index (χ3v) is 7.60. The molecule has 0 aromatic heterocycles. The van der Waals surface area contributed by atoms with Crippen LogP contribution < -0.4 is 20.1 Å². The van der Waals surface area contributed by atoms with Crippen LogP contribution in [0.2, 0.25) is 0 Å². The van der Waals surface area contributed by atoms with Crippen LogP contribution >= 0.6 is 0 Å². The average molecular weight is 618 g/mol. The van der Waals surface area contributed by atoms with Crippen LogP contribution in [0, 0.1) is 13.8 Å². The molecule has 0 fully saturated rings. The molecule has 45 heavy (non-hydrogen) atoms. The molecule has 3 aromatic rings. The molecule has 1 aliphatic rings. The fraction of sp³-hybridized carbons (Fsp3) is 0.400. The molecule has 10 nitrogen and oxygen atoms in total. The van der Waals surface area contributed by atoms with Crippen LogP contribution in [0.5, 0.6) is 11.5 Å². The van der Waals surface area contributed by atoms with E-state index in [0.29, 0.717) is 36.6 Å². The molecule has 3 aromatic carbocycles. The summed E-state index contributed by atoms with van der Waals surface area (Å²) in [6, 6.07) is 19.7. The number of aryl methyl sites for hydroxylation is 2. The molecule has 240 valence electrons. The van der Waals surface area contributed by atoms with Crippen LogP contribution in [0.4, 0.5) is 9.59 Å². The molecule has 2 atom stereocenters. The number of esters is 1. The summed E-state index contributed by atoms with van der Waals surface area (Å²) < 4.78 is 21.5. The Labute approximate surface area is 265 Å². The number of rotatable bonds is 14. The highest BCUT2D eigenvalue weighted by Gasteiger charge is 2.25. The largest absolute Gasteiger partial charge is 0.469 e. The minimum absolute atomic E-state index is 0.00373. The Hall–Kier alpha value is -4.73. The number of unbranched alkanes of at least 4 members (excludes halogenated alkanes) is 1. The number of nitrogens with zero attached hydrogens (tertiary/aromatic N) is 1. The molecule has 2 N–H and O–H groups in total. The Morgan fingerprint density at radius 3 is 2.09 bits per heavy atom. The van der Waals surface area contributed by atoms with Gasteiger partial charge in [0.25, 0.3) is 0 Å². The molecule has 0 saturated heterocycles. The Kier molecular flexibility index (Phi) is 12.1. The number of ether oxygens (including phenoxy) is 4. The first-order chi connectivity index (χ1) is 21.7. The van der Waals surface area contributed by atoms with Crippen molar-refractivity contribution in [2.24, 2.45) is 0 Å². The number of urea groups is 1. The smallest absolute Gasteiger partial charge is 0.410 e. The maximum atomic E-state index is 13.5. The van der Waals surface area contributed by atoms with E-state index in [4.69, 9.17) is 18.9 Å². The lowest BCUT2D eigenvalue weighted by atomic mass is 10.0. The van der Waals surface area contributed by atoms with E-state index in [1.165, 1.54) is 7.11 Å². The molecule has 0 bridgehead atoms. The second kappa shape index (κ2) is 16.4. The number of hydrogen-bond donors (Lipinski definition) is 2. The monoisotopic (exact) mass is 617 g/mol. The maximum absolute atomic E-state index is 13.5. The molecule has 0 radical (unpaired) electrons. The summed E-state index contributed by atoms with van der Waals surface area (Å²) in [4.78, 5) is 40.6. The third-order valence-electron chi connectivity index (χ3n) is 7.60. The second-order valence-electron chi connectivity index (χ2n) is 11.3. The highest BCUT2D eigenvalue weighted by atomic mass is 16.7. The van der Waals surface area contributed by atoms with Gasteiger partial charge in [-0.05, 0) is 49.1 Å². The van der Waals surface area contributed by atoms with Crippen molar-refractivity contribution < 1.29 is 33.3 Å². The molecule has 0 spiro atoms. The van der Waals surface area contributed by atoms with E-state index in [1.807, 2.05) is 62.4 Å². The summed E-state index contributed by atoms with van der Waals surface area (Å²) >= 11 is 0. The average Bonchev–Trinajstić information content (AvgIpc) is 3.51. The van der Waals surface area contributed by atoms with Crippen LogP contribution in [0.15, 0.2) is 66.7 Å². The number of methoxy groups -OCH3 is 1. The molecule has 4 rings (SSSR count). The van der Waals surface area contributed by atoms with Gasteiger partial charge in [0, 0.05) is 13.1 Å². The second-order valence-corrected chi connectivity index (χ2v) is 11.3. The van der Waals surface area contributed by atoms with Gasteiger partial charge >= 0.3 is 18.1 Å². The predicted octanol–water partition coefficient (Wildman–Crippen LogP) is 6.33. The topological polar surface area (TPSA) is 115 Å². The molecular weight excluding hydrogens is 574 g/mol. The van der Waals surface area contributed by atoms with Crippen LogP contribution in [-0.4, -0.2) is 49.5 Å². The minimum Gasteiger partial charge on any atom is -0.469 e. The summed E-state index contributed by atoms with van der Waals surface area (Å²) in [5, 5.41) is 5.83. The van der Waals surface area contributed by atoms with Crippen molar-refractivity contribution in [3.63, 3.8) is 0 Å². The number of benzene rings is 3. The van der Waals surface area contributed by atoms with E-state index >= 15 is 0 Å². The molecular formula is C35H43N3O7. The van der Waals surface area contributed by atoms with Crippen LogP contribution in [0.3, 0.4) is 0 Å². The lowest BCUT2D eigenvalue weighted by Crippen LogP contribution is -2.46. The summed E-state index contributed by atoms with van der Waals surface area (Å²) in [6.45, 7) is 6.97. The molecule has 1 heterocycles. The van der Waals surface area contributed by atoms with E-state index in [1.54, 1.807) is 23.1 Å². The van der Waals surface area contributed by atoms with Gasteiger partial charge in [-0.25, -0.2) is 9.59 Å². The first-order valence-corrected chi connectivity index (χ1v) is 15.3. The van der Waals surface area contributed by atoms with Crippen LogP contribution in [-0.2, 0) is 27.4 Å². The number of amides is 3. The van der Waals surface area contributed by atoms with Gasteiger partial charge in [0.2, 0.25) is 6.79 Å². The van der Waals surface area contributed by atoms with Crippen molar-refractivity contribution in [1.82, 2.24) is 15.5 Å². The lowest BCUT2D eigenvalue weighted by molar-refractivity contribution is -0.141. The highest BCUT2D eigenvalue weighted by molar-refractivity contribution is 5.77. The Bertz CT molecular complexity index is 1380. The number of fused-ring (bicyclic) bond motifs is 1. The molecule has 3 amide bonds. The van der Waals surface area contributed by atoms with Crippen LogP contribution in [0.25, 0.3) is 0 Å². The normalized spacial score (nSPS) is 13.0. The van der Waals surface area contributed by atoms with Gasteiger partial charge in [0.15, 0.2) is 11.5 Å². The van der Waals surface area contributed by atoms with Gasteiger partial charge in [-0.15, -0.1) is 0 Å². The minimum atomic E-state index is -0.680. The number of carbonyl (C=O) groups is 3. The van der Waals surface area contributed by atoms with Crippen molar-refractivity contribution in [3.8, 4) is 11.5 Å². The van der Waals surface area contributed by atoms with E-state index in [9.17, 15) is 14.4 Å². The molecule has 1 aliphatic heterocycles. The third kappa shape index (κ3) is 10.2. The SMILES string of the molecule is CCCC[C@@H](COC(=O)N(Cc1ccc(C)cc1)Cc1ccc(C)cc1)NC(=O)N[C@@H](CC(=O)OC)c1ccc2c(c1)OCO2. The van der Waals surface area contributed by atoms with Gasteiger partial charge in [0.1, 0.15) is 6.61 Å². The maximum Gasteiger partial charge on any atom is 0.410 e.